The molecule has 9 nitrogen and oxygen atoms in total. The number of hydrogen-bond donors (Lipinski definition) is 1. The van der Waals surface area contributed by atoms with E-state index in [9.17, 15) is 19.2 Å². The molecular weight excluding hydrogens is 488 g/mol. The maximum atomic E-state index is 13.6. The summed E-state index contributed by atoms with van der Waals surface area (Å²) in [5.41, 5.74) is 1.04. The number of nitrogens with zero attached hydrogens (tertiary/aromatic N) is 3. The summed E-state index contributed by atoms with van der Waals surface area (Å²) >= 11 is 2.90. The largest absolute Gasteiger partial charge is 0.378 e. The molecule has 3 amide bonds. The Morgan fingerprint density at radius 3 is 2.66 bits per heavy atom. The Labute approximate surface area is 209 Å². The number of carbonyl (C=O) groups excluding carboxylic acids is 3. The predicted octanol–water partition coefficient (Wildman–Crippen LogP) is 1.16. The van der Waals surface area contributed by atoms with Gasteiger partial charge in [-0.2, -0.15) is 0 Å². The van der Waals surface area contributed by atoms with Crippen molar-refractivity contribution in [3.05, 3.63) is 44.6 Å². The van der Waals surface area contributed by atoms with E-state index in [2.05, 4.69) is 9.97 Å². The van der Waals surface area contributed by atoms with E-state index in [-0.39, 0.29) is 69.9 Å². The highest BCUT2D eigenvalue weighted by Crippen LogP contribution is 2.68. The van der Waals surface area contributed by atoms with Crippen LogP contribution in [0.3, 0.4) is 0 Å². The molecule has 2 saturated heterocycles. The molecule has 0 aromatic carbocycles. The zero-order chi connectivity index (χ0) is 23.8. The third-order valence-electron chi connectivity index (χ3n) is 8.52. The van der Waals surface area contributed by atoms with Crippen molar-refractivity contribution in [1.29, 1.82) is 0 Å². The molecule has 7 rings (SSSR count). The molecule has 182 valence electrons. The van der Waals surface area contributed by atoms with E-state index in [0.29, 0.717) is 26.3 Å². The summed E-state index contributed by atoms with van der Waals surface area (Å²) in [7, 11) is 0. The van der Waals surface area contributed by atoms with Crippen LogP contribution in [0.4, 0.5) is 0 Å². The standard InChI is InChI=1S/C24H24N4O5S2/c29-14(27-4-6-33-7-5-27)10-28-22(30)17-12-8-13(18(17)23(28)31)19-16(12)15(11-2-1-3-25-9-11)20-21(34-19)26-24(32)35-20/h1-3,9,12-13,15-19H,4-8,10H2,(H,26,32)/t12?,13?,15-,16?,17?,18?,19?/m1/s1. The highest BCUT2D eigenvalue weighted by molar-refractivity contribution is 8.00. The molecule has 1 N–H and O–H groups in total. The molecule has 7 atom stereocenters. The number of carbonyl (C=O) groups is 3. The summed E-state index contributed by atoms with van der Waals surface area (Å²) in [5, 5.41) is 1.02. The average Bonchev–Trinajstić information content (AvgIpc) is 3.61. The zero-order valence-corrected chi connectivity index (χ0v) is 20.4. The van der Waals surface area contributed by atoms with Crippen LogP contribution in [-0.4, -0.2) is 75.6 Å². The molecule has 2 aliphatic carbocycles. The number of amides is 3. The number of aromatic amines is 1. The second-order valence-corrected chi connectivity index (χ2v) is 12.2. The van der Waals surface area contributed by atoms with Gasteiger partial charge in [0.1, 0.15) is 6.54 Å². The first-order valence-electron chi connectivity index (χ1n) is 12.0. The van der Waals surface area contributed by atoms with Gasteiger partial charge in [-0.1, -0.05) is 17.4 Å². The van der Waals surface area contributed by atoms with Crippen LogP contribution in [0, 0.1) is 29.6 Å². The SMILES string of the molecule is O=C(CN1C(=O)C2C3CC(C2C1=O)C1C3Sc2[nH]c(=O)sc2[C@@H]1c1cccnc1)N1CCOCC1. The minimum absolute atomic E-state index is 0.0308. The number of aromatic nitrogens is 2. The van der Waals surface area contributed by atoms with Crippen LogP contribution in [0.5, 0.6) is 0 Å². The van der Waals surface area contributed by atoms with Gasteiger partial charge < -0.3 is 14.6 Å². The number of fused-ring (bicyclic) bond motifs is 9. The molecule has 0 radical (unpaired) electrons. The first kappa shape index (κ1) is 21.8. The Balaban J connectivity index is 1.22. The number of nitrogens with one attached hydrogen (secondary N) is 1. The van der Waals surface area contributed by atoms with Crippen molar-refractivity contribution in [2.24, 2.45) is 29.6 Å². The number of ether oxygens (including phenoxy) is 1. The monoisotopic (exact) mass is 512 g/mol. The Morgan fingerprint density at radius 1 is 1.14 bits per heavy atom. The molecule has 5 aliphatic rings. The van der Waals surface area contributed by atoms with Crippen molar-refractivity contribution >= 4 is 40.8 Å². The minimum Gasteiger partial charge on any atom is -0.378 e. The third kappa shape index (κ3) is 3.14. The van der Waals surface area contributed by atoms with Crippen molar-refractivity contribution in [3.8, 4) is 0 Å². The van der Waals surface area contributed by atoms with Crippen molar-refractivity contribution in [2.45, 2.75) is 22.6 Å². The van der Waals surface area contributed by atoms with E-state index >= 15 is 0 Å². The van der Waals surface area contributed by atoms with Gasteiger partial charge in [-0.25, -0.2) is 0 Å². The third-order valence-corrected chi connectivity index (χ3v) is 11.1. The highest BCUT2D eigenvalue weighted by atomic mass is 32.2. The van der Waals surface area contributed by atoms with E-state index in [4.69, 9.17) is 4.74 Å². The lowest BCUT2D eigenvalue weighted by Crippen LogP contribution is -2.47. The number of rotatable bonds is 3. The van der Waals surface area contributed by atoms with Crippen LogP contribution in [0.15, 0.2) is 34.3 Å². The second kappa shape index (κ2) is 8.01. The van der Waals surface area contributed by atoms with Crippen LogP contribution < -0.4 is 4.87 Å². The van der Waals surface area contributed by atoms with Crippen LogP contribution in [-0.2, 0) is 19.1 Å². The number of likely N-dealkylation sites (tertiary alicyclic amines) is 1. The van der Waals surface area contributed by atoms with Gasteiger partial charge in [-0.05, 0) is 35.8 Å². The van der Waals surface area contributed by atoms with Crippen LogP contribution in [0.2, 0.25) is 0 Å². The van der Waals surface area contributed by atoms with E-state index in [1.165, 1.54) is 16.2 Å². The normalized spacial score (nSPS) is 35.3. The van der Waals surface area contributed by atoms with Crippen LogP contribution >= 0.6 is 23.1 Å². The summed E-state index contributed by atoms with van der Waals surface area (Å²) in [4.78, 5) is 63.4. The van der Waals surface area contributed by atoms with Gasteiger partial charge in [0.2, 0.25) is 17.7 Å². The molecular formula is C24H24N4O5S2. The van der Waals surface area contributed by atoms with Crippen molar-refractivity contribution in [2.75, 3.05) is 32.8 Å². The predicted molar refractivity (Wildman–Crippen MR) is 127 cm³/mol. The number of thiazole rings is 1. The Hall–Kier alpha value is -2.50. The summed E-state index contributed by atoms with van der Waals surface area (Å²) in [6.07, 6.45) is 4.42. The van der Waals surface area contributed by atoms with Crippen molar-refractivity contribution in [3.63, 3.8) is 0 Å². The fourth-order valence-corrected chi connectivity index (χ4v) is 10.1. The summed E-state index contributed by atoms with van der Waals surface area (Å²) in [6.45, 7) is 1.75. The van der Waals surface area contributed by atoms with E-state index in [0.717, 1.165) is 21.9 Å². The molecule has 2 aromatic rings. The molecule has 4 fully saturated rings. The number of H-pyrrole nitrogens is 1. The lowest BCUT2D eigenvalue weighted by molar-refractivity contribution is -0.148. The van der Waals surface area contributed by atoms with Gasteiger partial charge in [0.15, 0.2) is 0 Å². The molecule has 2 saturated carbocycles. The van der Waals surface area contributed by atoms with Crippen molar-refractivity contribution < 1.29 is 19.1 Å². The fraction of sp³-hybridized carbons (Fsp3) is 0.542. The van der Waals surface area contributed by atoms with Gasteiger partial charge >= 0.3 is 4.87 Å². The number of imide groups is 1. The summed E-state index contributed by atoms with van der Waals surface area (Å²) in [5.74, 6) is -1.15. The van der Waals surface area contributed by atoms with Gasteiger partial charge in [0.25, 0.3) is 0 Å². The molecule has 2 aromatic heterocycles. The quantitative estimate of drug-likeness (QED) is 0.614. The Kier molecular flexibility index (Phi) is 4.98. The first-order chi connectivity index (χ1) is 17.0. The fourth-order valence-electron chi connectivity index (χ4n) is 7.22. The summed E-state index contributed by atoms with van der Waals surface area (Å²) in [6, 6.07) is 3.94. The molecule has 5 heterocycles. The minimum atomic E-state index is -0.386. The van der Waals surface area contributed by atoms with E-state index < -0.39 is 0 Å². The number of hydrogen-bond acceptors (Lipinski definition) is 8. The molecule has 3 aliphatic heterocycles. The van der Waals surface area contributed by atoms with Gasteiger partial charge in [0.05, 0.1) is 30.1 Å². The second-order valence-electron chi connectivity index (χ2n) is 10.0. The molecule has 35 heavy (non-hydrogen) atoms. The zero-order valence-electron chi connectivity index (χ0n) is 18.8. The molecule has 6 unspecified atom stereocenters. The molecule has 0 spiro atoms. The van der Waals surface area contributed by atoms with Gasteiger partial charge in [0, 0.05) is 41.5 Å². The average molecular weight is 513 g/mol. The van der Waals surface area contributed by atoms with E-state index in [1.54, 1.807) is 22.9 Å². The maximum absolute atomic E-state index is 13.6. The van der Waals surface area contributed by atoms with Crippen LogP contribution in [0.1, 0.15) is 22.8 Å². The molecule has 11 heteroatoms. The Morgan fingerprint density at radius 2 is 1.91 bits per heavy atom. The van der Waals surface area contributed by atoms with Crippen LogP contribution in [0.25, 0.3) is 0 Å². The smallest absolute Gasteiger partial charge is 0.305 e. The lowest BCUT2D eigenvalue weighted by Gasteiger charge is -2.42. The Bertz CT molecular complexity index is 1270. The van der Waals surface area contributed by atoms with Gasteiger partial charge in [-0.15, -0.1) is 11.8 Å². The number of pyridine rings is 1. The lowest BCUT2D eigenvalue weighted by atomic mass is 9.68. The maximum Gasteiger partial charge on any atom is 0.305 e. The van der Waals surface area contributed by atoms with Gasteiger partial charge in [-0.3, -0.25) is 29.1 Å². The first-order valence-corrected chi connectivity index (χ1v) is 13.7. The molecule has 2 bridgehead atoms. The number of thioether (sulfide) groups is 1. The summed E-state index contributed by atoms with van der Waals surface area (Å²) < 4.78 is 5.32. The van der Waals surface area contributed by atoms with E-state index in [1.807, 2.05) is 18.3 Å². The highest BCUT2D eigenvalue weighted by Gasteiger charge is 2.69. The topological polar surface area (TPSA) is 113 Å². The number of morpholine rings is 1. The van der Waals surface area contributed by atoms with Crippen molar-refractivity contribution in [1.82, 2.24) is 19.8 Å².